The lowest BCUT2D eigenvalue weighted by Gasteiger charge is -2.22. The van der Waals surface area contributed by atoms with E-state index in [1.54, 1.807) is 11.9 Å². The fraction of sp³-hybridized carbons (Fsp3) is 0.588. The topological polar surface area (TPSA) is 50.8 Å². The lowest BCUT2D eigenvalue weighted by molar-refractivity contribution is 0.0894. The quantitative estimate of drug-likeness (QED) is 0.907. The van der Waals surface area contributed by atoms with E-state index >= 15 is 0 Å². The highest BCUT2D eigenvalue weighted by atomic mass is 16.5. The molecule has 1 heterocycles. The fourth-order valence-corrected chi connectivity index (χ4v) is 2.51. The highest BCUT2D eigenvalue weighted by Crippen LogP contribution is 2.22. The zero-order chi connectivity index (χ0) is 16.1. The molecule has 5 heteroatoms. The lowest BCUT2D eigenvalue weighted by atomic mass is 10.2. The molecule has 0 spiro atoms. The second kappa shape index (κ2) is 7.49. The van der Waals surface area contributed by atoms with Gasteiger partial charge in [-0.3, -0.25) is 0 Å². The lowest BCUT2D eigenvalue weighted by Crippen LogP contribution is -2.37. The molecule has 2 amide bonds. The minimum absolute atomic E-state index is 0.115. The van der Waals surface area contributed by atoms with Crippen LogP contribution in [-0.4, -0.2) is 43.3 Å². The number of aryl methyl sites for hydroxylation is 1. The van der Waals surface area contributed by atoms with E-state index in [4.69, 9.17) is 9.47 Å². The molecule has 0 radical (unpaired) electrons. The van der Waals surface area contributed by atoms with Crippen LogP contribution in [0.3, 0.4) is 0 Å². The van der Waals surface area contributed by atoms with Crippen LogP contribution in [0.4, 0.5) is 10.5 Å². The predicted octanol–water partition coefficient (Wildman–Crippen LogP) is 3.42. The van der Waals surface area contributed by atoms with Gasteiger partial charge in [0.2, 0.25) is 0 Å². The maximum Gasteiger partial charge on any atom is 0.321 e. The van der Waals surface area contributed by atoms with Gasteiger partial charge in [0.15, 0.2) is 0 Å². The molecule has 122 valence electrons. The summed E-state index contributed by atoms with van der Waals surface area (Å²) < 4.78 is 11.2. The average Bonchev–Trinajstić information content (AvgIpc) is 2.94. The summed E-state index contributed by atoms with van der Waals surface area (Å²) in [6.45, 7) is 7.37. The summed E-state index contributed by atoms with van der Waals surface area (Å²) in [5.74, 6) is 0.818. The van der Waals surface area contributed by atoms with Crippen LogP contribution in [0.25, 0.3) is 0 Å². The Morgan fingerprint density at radius 2 is 2.27 bits per heavy atom. The number of amides is 2. The molecule has 0 unspecified atom stereocenters. The molecule has 0 aromatic heterocycles. The fourth-order valence-electron chi connectivity index (χ4n) is 2.51. The summed E-state index contributed by atoms with van der Waals surface area (Å²) in [4.78, 5) is 13.9. The number of ether oxygens (including phenoxy) is 2. The molecule has 0 aliphatic carbocycles. The Balaban J connectivity index is 1.92. The highest BCUT2D eigenvalue weighted by Gasteiger charge is 2.20. The Kier molecular flexibility index (Phi) is 5.66. The molecule has 2 rings (SSSR count). The SMILES string of the molecule is Cc1cc(OC(C)C)ccc1NC(=O)N(C)C[C@@H]1CCCO1. The van der Waals surface area contributed by atoms with E-state index in [1.165, 1.54) is 0 Å². The molecule has 1 aromatic carbocycles. The highest BCUT2D eigenvalue weighted by molar-refractivity contribution is 5.90. The molecule has 0 bridgehead atoms. The average molecular weight is 306 g/mol. The van der Waals surface area contributed by atoms with Gasteiger partial charge in [0.05, 0.1) is 12.2 Å². The third kappa shape index (κ3) is 4.63. The van der Waals surface area contributed by atoms with Crippen molar-refractivity contribution < 1.29 is 14.3 Å². The maximum atomic E-state index is 12.2. The smallest absolute Gasteiger partial charge is 0.321 e. The number of carbonyl (C=O) groups excluding carboxylic acids is 1. The van der Waals surface area contributed by atoms with E-state index in [2.05, 4.69) is 5.32 Å². The van der Waals surface area contributed by atoms with Crippen molar-refractivity contribution in [3.05, 3.63) is 23.8 Å². The van der Waals surface area contributed by atoms with Crippen LogP contribution in [0.15, 0.2) is 18.2 Å². The summed E-state index contributed by atoms with van der Waals surface area (Å²) in [6, 6.07) is 5.58. The number of rotatable bonds is 5. The molecule has 1 saturated heterocycles. The van der Waals surface area contributed by atoms with Gasteiger partial charge in [-0.2, -0.15) is 0 Å². The number of benzene rings is 1. The van der Waals surface area contributed by atoms with E-state index in [1.807, 2.05) is 39.0 Å². The number of nitrogens with zero attached hydrogens (tertiary/aromatic N) is 1. The molecule has 1 aromatic rings. The monoisotopic (exact) mass is 306 g/mol. The van der Waals surface area contributed by atoms with Crippen molar-refractivity contribution in [1.82, 2.24) is 4.90 Å². The summed E-state index contributed by atoms with van der Waals surface area (Å²) >= 11 is 0. The van der Waals surface area contributed by atoms with Crippen molar-refractivity contribution >= 4 is 11.7 Å². The van der Waals surface area contributed by atoms with Crippen molar-refractivity contribution in [2.45, 2.75) is 45.8 Å². The zero-order valence-corrected chi connectivity index (χ0v) is 13.9. The number of carbonyl (C=O) groups is 1. The standard InChI is InChI=1S/C17H26N2O3/c1-12(2)22-14-7-8-16(13(3)10-14)18-17(20)19(4)11-15-6-5-9-21-15/h7-8,10,12,15H,5-6,9,11H2,1-4H3,(H,18,20)/t15-/m0/s1. The van der Waals surface area contributed by atoms with Crippen LogP contribution in [-0.2, 0) is 4.74 Å². The van der Waals surface area contributed by atoms with E-state index < -0.39 is 0 Å². The van der Waals surface area contributed by atoms with Gasteiger partial charge in [0.25, 0.3) is 0 Å². The Morgan fingerprint density at radius 3 is 2.86 bits per heavy atom. The van der Waals surface area contributed by atoms with Crippen LogP contribution in [0, 0.1) is 6.92 Å². The number of urea groups is 1. The first-order valence-corrected chi connectivity index (χ1v) is 7.86. The van der Waals surface area contributed by atoms with Gasteiger partial charge in [-0.1, -0.05) is 0 Å². The molecular weight excluding hydrogens is 280 g/mol. The first-order valence-electron chi connectivity index (χ1n) is 7.86. The van der Waals surface area contributed by atoms with Crippen molar-refractivity contribution in [2.24, 2.45) is 0 Å². The van der Waals surface area contributed by atoms with Gasteiger partial charge in [0.1, 0.15) is 5.75 Å². The third-order valence-electron chi connectivity index (χ3n) is 3.66. The second-order valence-electron chi connectivity index (χ2n) is 6.09. The van der Waals surface area contributed by atoms with Gasteiger partial charge >= 0.3 is 6.03 Å². The van der Waals surface area contributed by atoms with Crippen LogP contribution < -0.4 is 10.1 Å². The number of anilines is 1. The summed E-state index contributed by atoms with van der Waals surface area (Å²) in [5.41, 5.74) is 1.79. The molecule has 22 heavy (non-hydrogen) atoms. The van der Waals surface area contributed by atoms with Crippen LogP contribution in [0.1, 0.15) is 32.3 Å². The van der Waals surface area contributed by atoms with Crippen molar-refractivity contribution in [1.29, 1.82) is 0 Å². The van der Waals surface area contributed by atoms with E-state index in [9.17, 15) is 4.79 Å². The van der Waals surface area contributed by atoms with Gasteiger partial charge in [0, 0.05) is 25.9 Å². The van der Waals surface area contributed by atoms with Gasteiger partial charge in [-0.25, -0.2) is 4.79 Å². The molecular formula is C17H26N2O3. The molecule has 1 fully saturated rings. The molecule has 1 aliphatic heterocycles. The van der Waals surface area contributed by atoms with E-state index in [-0.39, 0.29) is 18.2 Å². The normalized spacial score (nSPS) is 17.6. The van der Waals surface area contributed by atoms with Crippen molar-refractivity contribution in [2.75, 3.05) is 25.5 Å². The van der Waals surface area contributed by atoms with Gasteiger partial charge in [-0.05, 0) is 57.4 Å². The number of likely N-dealkylation sites (N-methyl/N-ethyl adjacent to an activating group) is 1. The minimum atomic E-state index is -0.115. The predicted molar refractivity (Wildman–Crippen MR) is 87.6 cm³/mol. The third-order valence-corrected chi connectivity index (χ3v) is 3.66. The van der Waals surface area contributed by atoms with E-state index in [0.717, 1.165) is 36.4 Å². The molecule has 0 saturated carbocycles. The minimum Gasteiger partial charge on any atom is -0.491 e. The molecule has 1 aliphatic rings. The first-order chi connectivity index (χ1) is 10.5. The Labute approximate surface area is 132 Å². The Morgan fingerprint density at radius 1 is 1.50 bits per heavy atom. The van der Waals surface area contributed by atoms with Crippen LogP contribution in [0.2, 0.25) is 0 Å². The first kappa shape index (κ1) is 16.6. The van der Waals surface area contributed by atoms with Crippen molar-refractivity contribution in [3.8, 4) is 5.75 Å². The van der Waals surface area contributed by atoms with Gasteiger partial charge in [-0.15, -0.1) is 0 Å². The van der Waals surface area contributed by atoms with Crippen molar-refractivity contribution in [3.63, 3.8) is 0 Å². The Bertz CT molecular complexity index is 511. The molecule has 1 atom stereocenters. The summed E-state index contributed by atoms with van der Waals surface area (Å²) in [7, 11) is 1.79. The maximum absolute atomic E-state index is 12.2. The van der Waals surface area contributed by atoms with Crippen LogP contribution in [0.5, 0.6) is 5.75 Å². The Hall–Kier alpha value is -1.75. The summed E-state index contributed by atoms with van der Waals surface area (Å²) in [5, 5.41) is 2.94. The molecule has 5 nitrogen and oxygen atoms in total. The number of hydrogen-bond donors (Lipinski definition) is 1. The molecule has 1 N–H and O–H groups in total. The summed E-state index contributed by atoms with van der Waals surface area (Å²) in [6.07, 6.45) is 2.41. The zero-order valence-electron chi connectivity index (χ0n) is 13.9. The number of nitrogens with one attached hydrogen (secondary N) is 1. The number of hydrogen-bond acceptors (Lipinski definition) is 3. The van der Waals surface area contributed by atoms with Crippen LogP contribution >= 0.6 is 0 Å². The van der Waals surface area contributed by atoms with Gasteiger partial charge < -0.3 is 19.7 Å². The second-order valence-corrected chi connectivity index (χ2v) is 6.09. The van der Waals surface area contributed by atoms with E-state index in [0.29, 0.717) is 6.54 Å². The largest absolute Gasteiger partial charge is 0.491 e.